The molecule has 0 atom stereocenters. The SMILES string of the molecule is Cc1cncc(CNc2nc(Nc3ccc4c(c3)CC(=O)N4)ncc2C(F)(F)F)c1N(C)S(C)(=O)=O. The first-order valence-corrected chi connectivity index (χ1v) is 12.4. The van der Waals surface area contributed by atoms with Crippen LogP contribution in [0.3, 0.4) is 0 Å². The molecule has 3 heterocycles. The Kier molecular flexibility index (Phi) is 6.47. The number of aryl methyl sites for hydroxylation is 1. The van der Waals surface area contributed by atoms with Crippen molar-refractivity contribution in [1.29, 1.82) is 0 Å². The summed E-state index contributed by atoms with van der Waals surface area (Å²) in [5.41, 5.74) is 2.02. The highest BCUT2D eigenvalue weighted by Crippen LogP contribution is 2.35. The van der Waals surface area contributed by atoms with Gasteiger partial charge in [0.15, 0.2) is 0 Å². The molecule has 0 saturated carbocycles. The molecule has 0 fully saturated rings. The molecule has 10 nitrogen and oxygen atoms in total. The van der Waals surface area contributed by atoms with E-state index in [-0.39, 0.29) is 24.8 Å². The average Bonchev–Trinajstić information content (AvgIpc) is 3.15. The molecule has 4 rings (SSSR count). The number of pyridine rings is 1. The highest BCUT2D eigenvalue weighted by molar-refractivity contribution is 7.92. The summed E-state index contributed by atoms with van der Waals surface area (Å²) in [5, 5.41) is 8.21. The van der Waals surface area contributed by atoms with Crippen LogP contribution in [0, 0.1) is 6.92 Å². The maximum Gasteiger partial charge on any atom is 0.421 e. The molecular formula is C22H22F3N7O3S. The number of carbonyl (C=O) groups is 1. The Labute approximate surface area is 205 Å². The van der Waals surface area contributed by atoms with Gasteiger partial charge in [0.2, 0.25) is 21.9 Å². The van der Waals surface area contributed by atoms with Gasteiger partial charge >= 0.3 is 6.18 Å². The van der Waals surface area contributed by atoms with Gasteiger partial charge in [-0.15, -0.1) is 0 Å². The van der Waals surface area contributed by atoms with Crippen molar-refractivity contribution in [1.82, 2.24) is 15.0 Å². The van der Waals surface area contributed by atoms with E-state index in [9.17, 15) is 26.4 Å². The lowest BCUT2D eigenvalue weighted by Gasteiger charge is -2.23. The van der Waals surface area contributed by atoms with Crippen LogP contribution in [0.1, 0.15) is 22.3 Å². The molecule has 1 amide bonds. The monoisotopic (exact) mass is 521 g/mol. The molecule has 14 heteroatoms. The molecule has 0 unspecified atom stereocenters. The van der Waals surface area contributed by atoms with Crippen LogP contribution in [-0.2, 0) is 34.0 Å². The third kappa shape index (κ3) is 5.32. The Morgan fingerprint density at radius 1 is 1.19 bits per heavy atom. The van der Waals surface area contributed by atoms with Gasteiger partial charge in [0.05, 0.1) is 18.4 Å². The van der Waals surface area contributed by atoms with Gasteiger partial charge in [0.1, 0.15) is 11.4 Å². The van der Waals surface area contributed by atoms with E-state index in [4.69, 9.17) is 0 Å². The minimum absolute atomic E-state index is 0.0985. The number of benzene rings is 1. The zero-order valence-electron chi connectivity index (χ0n) is 19.4. The minimum atomic E-state index is -4.74. The normalized spacial score (nSPS) is 13.2. The van der Waals surface area contributed by atoms with Crippen LogP contribution < -0.4 is 20.3 Å². The molecule has 0 saturated heterocycles. The van der Waals surface area contributed by atoms with Gasteiger partial charge in [-0.05, 0) is 36.2 Å². The molecule has 0 radical (unpaired) electrons. The number of carbonyl (C=O) groups excluding carboxylic acids is 1. The predicted molar refractivity (Wildman–Crippen MR) is 129 cm³/mol. The fourth-order valence-corrected chi connectivity index (χ4v) is 4.35. The Bertz CT molecular complexity index is 1450. The first kappa shape index (κ1) is 25.2. The van der Waals surface area contributed by atoms with Crippen molar-refractivity contribution in [3.05, 3.63) is 59.0 Å². The molecule has 1 aliphatic heterocycles. The van der Waals surface area contributed by atoms with Crippen molar-refractivity contribution in [2.75, 3.05) is 33.6 Å². The second-order valence-corrected chi connectivity index (χ2v) is 10.2. The van der Waals surface area contributed by atoms with Gasteiger partial charge in [-0.25, -0.2) is 13.4 Å². The van der Waals surface area contributed by atoms with E-state index < -0.39 is 27.6 Å². The molecule has 0 aliphatic carbocycles. The van der Waals surface area contributed by atoms with Crippen molar-refractivity contribution in [3.63, 3.8) is 0 Å². The number of rotatable bonds is 7. The highest BCUT2D eigenvalue weighted by atomic mass is 32.2. The Morgan fingerprint density at radius 2 is 1.94 bits per heavy atom. The minimum Gasteiger partial charge on any atom is -0.365 e. The third-order valence-corrected chi connectivity index (χ3v) is 6.69. The van der Waals surface area contributed by atoms with Gasteiger partial charge < -0.3 is 16.0 Å². The summed E-state index contributed by atoms with van der Waals surface area (Å²) in [5.74, 6) is -0.739. The molecule has 3 aromatic rings. The second-order valence-electron chi connectivity index (χ2n) is 8.22. The first-order chi connectivity index (χ1) is 16.8. The standard InChI is InChI=1S/C22H22F3N7O3S/c1-12-8-26-9-14(19(12)32(2)36(3,34)35)10-27-20-16(22(23,24)25)11-28-21(31-20)29-15-4-5-17-13(6-15)7-18(33)30-17/h4-6,8-9,11H,7,10H2,1-3H3,(H,30,33)(H2,27,28,29,31). The lowest BCUT2D eigenvalue weighted by Crippen LogP contribution is -2.27. The molecule has 1 aliphatic rings. The number of hydrogen-bond acceptors (Lipinski definition) is 8. The number of halogens is 3. The quantitative estimate of drug-likeness (QED) is 0.431. The number of hydrogen-bond donors (Lipinski definition) is 3. The van der Waals surface area contributed by atoms with Gasteiger partial charge in [0.25, 0.3) is 0 Å². The Balaban J connectivity index is 1.63. The largest absolute Gasteiger partial charge is 0.421 e. The molecule has 36 heavy (non-hydrogen) atoms. The second kappa shape index (κ2) is 9.26. The summed E-state index contributed by atoms with van der Waals surface area (Å²) in [4.78, 5) is 23.4. The van der Waals surface area contributed by atoms with Crippen molar-refractivity contribution in [2.24, 2.45) is 0 Å². The summed E-state index contributed by atoms with van der Waals surface area (Å²) in [6.45, 7) is 1.47. The lowest BCUT2D eigenvalue weighted by molar-refractivity contribution is -0.137. The third-order valence-electron chi connectivity index (χ3n) is 5.52. The molecule has 1 aromatic carbocycles. The highest BCUT2D eigenvalue weighted by Gasteiger charge is 2.35. The number of alkyl halides is 3. The fourth-order valence-electron chi connectivity index (χ4n) is 3.76. The van der Waals surface area contributed by atoms with Gasteiger partial charge in [-0.2, -0.15) is 18.2 Å². The molecule has 0 spiro atoms. The summed E-state index contributed by atoms with van der Waals surface area (Å²) in [6.07, 6.45) is -0.0101. The summed E-state index contributed by atoms with van der Waals surface area (Å²) < 4.78 is 66.2. The van der Waals surface area contributed by atoms with Crippen LogP contribution in [0.25, 0.3) is 0 Å². The molecule has 2 aromatic heterocycles. The lowest BCUT2D eigenvalue weighted by atomic mass is 10.1. The number of amides is 1. The van der Waals surface area contributed by atoms with E-state index in [1.54, 1.807) is 25.1 Å². The zero-order valence-corrected chi connectivity index (χ0v) is 20.3. The molecule has 3 N–H and O–H groups in total. The number of nitrogens with zero attached hydrogens (tertiary/aromatic N) is 4. The van der Waals surface area contributed by atoms with Crippen LogP contribution in [0.2, 0.25) is 0 Å². The van der Waals surface area contributed by atoms with Gasteiger partial charge in [-0.1, -0.05) is 0 Å². The maximum absolute atomic E-state index is 13.7. The van der Waals surface area contributed by atoms with Crippen LogP contribution in [0.15, 0.2) is 36.8 Å². The van der Waals surface area contributed by atoms with Crippen molar-refractivity contribution >= 4 is 44.8 Å². The fraction of sp³-hybridized carbons (Fsp3) is 0.273. The summed E-state index contributed by atoms with van der Waals surface area (Å²) in [6, 6.07) is 5.01. The van der Waals surface area contributed by atoms with Crippen molar-refractivity contribution < 1.29 is 26.4 Å². The first-order valence-electron chi connectivity index (χ1n) is 10.6. The molecule has 190 valence electrons. The van der Waals surface area contributed by atoms with E-state index in [2.05, 4.69) is 30.9 Å². The number of nitrogens with one attached hydrogen (secondary N) is 3. The Hall–Kier alpha value is -3.94. The van der Waals surface area contributed by atoms with Crippen molar-refractivity contribution in [2.45, 2.75) is 26.1 Å². The number of fused-ring (bicyclic) bond motifs is 1. The van der Waals surface area contributed by atoms with Crippen LogP contribution >= 0.6 is 0 Å². The van der Waals surface area contributed by atoms with Crippen molar-refractivity contribution in [3.8, 4) is 0 Å². The van der Waals surface area contributed by atoms with E-state index in [1.165, 1.54) is 19.4 Å². The van der Waals surface area contributed by atoms with E-state index in [0.29, 0.717) is 34.4 Å². The van der Waals surface area contributed by atoms with Gasteiger partial charge in [0, 0.05) is 49.1 Å². The van der Waals surface area contributed by atoms with E-state index in [0.717, 1.165) is 16.1 Å². The van der Waals surface area contributed by atoms with E-state index in [1.807, 2.05) is 0 Å². The topological polar surface area (TPSA) is 129 Å². The van der Waals surface area contributed by atoms with Crippen LogP contribution in [0.4, 0.5) is 42.0 Å². The number of aromatic nitrogens is 3. The summed E-state index contributed by atoms with van der Waals surface area (Å²) >= 11 is 0. The van der Waals surface area contributed by atoms with E-state index >= 15 is 0 Å². The maximum atomic E-state index is 13.7. The van der Waals surface area contributed by atoms with Crippen LogP contribution in [-0.4, -0.2) is 42.6 Å². The average molecular weight is 522 g/mol. The van der Waals surface area contributed by atoms with Gasteiger partial charge in [-0.3, -0.25) is 14.1 Å². The Morgan fingerprint density at radius 3 is 2.64 bits per heavy atom. The predicted octanol–water partition coefficient (Wildman–Crippen LogP) is 3.44. The smallest absolute Gasteiger partial charge is 0.365 e. The summed E-state index contributed by atoms with van der Waals surface area (Å²) in [7, 11) is -2.27. The van der Waals surface area contributed by atoms with Crippen LogP contribution in [0.5, 0.6) is 0 Å². The molecule has 0 bridgehead atoms. The molecular weight excluding hydrogens is 499 g/mol. The number of anilines is 5. The number of sulfonamides is 1. The zero-order chi connectivity index (χ0) is 26.3.